The van der Waals surface area contributed by atoms with Gasteiger partial charge in [-0.15, -0.1) is 0 Å². The van der Waals surface area contributed by atoms with Crippen molar-refractivity contribution >= 4 is 29.0 Å². The zero-order valence-corrected chi connectivity index (χ0v) is 13.9. The van der Waals surface area contributed by atoms with Gasteiger partial charge < -0.3 is 5.11 Å². The maximum absolute atomic E-state index is 13.9. The first-order valence-corrected chi connectivity index (χ1v) is 8.48. The Morgan fingerprint density at radius 2 is 2.04 bits per heavy atom. The highest BCUT2D eigenvalue weighted by atomic mass is 35.5. The van der Waals surface area contributed by atoms with E-state index in [1.807, 2.05) is 0 Å². The molecule has 1 heterocycles. The Morgan fingerprint density at radius 3 is 2.71 bits per heavy atom. The van der Waals surface area contributed by atoms with E-state index in [4.69, 9.17) is 20.9 Å². The van der Waals surface area contributed by atoms with Gasteiger partial charge in [-0.3, -0.25) is 4.18 Å². The summed E-state index contributed by atoms with van der Waals surface area (Å²) < 4.78 is 31.1. The summed E-state index contributed by atoms with van der Waals surface area (Å²) in [7, 11) is 0. The highest BCUT2D eigenvalue weighted by Crippen LogP contribution is 2.27. The second-order valence-corrected chi connectivity index (χ2v) is 6.79. The molecule has 2 aromatic rings. The summed E-state index contributed by atoms with van der Waals surface area (Å²) in [6, 6.07) is 10.8. The Bertz CT molecular complexity index is 799. The Hall–Kier alpha value is -1.96. The van der Waals surface area contributed by atoms with E-state index in [0.29, 0.717) is 22.6 Å². The van der Waals surface area contributed by atoms with Crippen molar-refractivity contribution in [2.45, 2.75) is 12.5 Å². The van der Waals surface area contributed by atoms with Crippen molar-refractivity contribution < 1.29 is 22.7 Å². The first kappa shape index (κ1) is 16.9. The molecule has 3 rings (SSSR count). The molecular formula is C16H13ClFNO4S. The van der Waals surface area contributed by atoms with E-state index >= 15 is 0 Å². The monoisotopic (exact) mass is 369 g/mol. The largest absolute Gasteiger partial charge is 0.464 e. The minimum absolute atomic E-state index is 0.0730. The van der Waals surface area contributed by atoms with Crippen LogP contribution in [-0.2, 0) is 21.9 Å². The van der Waals surface area contributed by atoms with Crippen LogP contribution in [0, 0.1) is 5.82 Å². The van der Waals surface area contributed by atoms with E-state index in [1.165, 1.54) is 12.1 Å². The number of amides is 1. The number of carboxylic acid groups (broad SMARTS) is 1. The predicted octanol–water partition coefficient (Wildman–Crippen LogP) is 3.65. The summed E-state index contributed by atoms with van der Waals surface area (Å²) in [4.78, 5) is 11.1. The molecule has 0 aromatic heterocycles. The first-order valence-electron chi connectivity index (χ1n) is 7.07. The Morgan fingerprint density at radius 1 is 1.33 bits per heavy atom. The van der Waals surface area contributed by atoms with Gasteiger partial charge >= 0.3 is 6.09 Å². The molecule has 2 unspecified atom stereocenters. The van der Waals surface area contributed by atoms with Gasteiger partial charge in [0, 0.05) is 10.6 Å². The average Bonchev–Trinajstić information content (AvgIpc) is 2.91. The fourth-order valence-corrected chi connectivity index (χ4v) is 3.62. The molecular weight excluding hydrogens is 357 g/mol. The quantitative estimate of drug-likeness (QED) is 0.896. The molecule has 0 aliphatic carbocycles. The van der Waals surface area contributed by atoms with E-state index in [1.54, 1.807) is 30.3 Å². The Balaban J connectivity index is 1.79. The van der Waals surface area contributed by atoms with E-state index in [9.17, 15) is 13.4 Å². The summed E-state index contributed by atoms with van der Waals surface area (Å²) in [5, 5.41) is 9.52. The summed E-state index contributed by atoms with van der Waals surface area (Å²) in [5.41, 5.74) is 1.89. The zero-order valence-electron chi connectivity index (χ0n) is 12.3. The number of nitrogens with zero attached hydrogens (tertiary/aromatic N) is 1. The lowest BCUT2D eigenvalue weighted by molar-refractivity contribution is 0.165. The van der Waals surface area contributed by atoms with Crippen molar-refractivity contribution in [1.29, 1.82) is 0 Å². The molecule has 1 N–H and O–H groups in total. The van der Waals surface area contributed by atoms with Gasteiger partial charge in [-0.25, -0.2) is 13.4 Å². The maximum Gasteiger partial charge on any atom is 0.421 e. The molecule has 1 amide bonds. The number of rotatable bonds is 3. The van der Waals surface area contributed by atoms with E-state index < -0.39 is 23.4 Å². The molecule has 0 saturated carbocycles. The number of halogens is 2. The van der Waals surface area contributed by atoms with Gasteiger partial charge in [-0.05, 0) is 35.7 Å². The summed E-state index contributed by atoms with van der Waals surface area (Å²) in [5.74, 6) is -0.371. The predicted molar refractivity (Wildman–Crippen MR) is 88.3 cm³/mol. The van der Waals surface area contributed by atoms with Crippen LogP contribution in [0.1, 0.15) is 5.56 Å². The van der Waals surface area contributed by atoms with Crippen LogP contribution in [-0.4, -0.2) is 32.4 Å². The van der Waals surface area contributed by atoms with Gasteiger partial charge in [0.25, 0.3) is 11.3 Å². The van der Waals surface area contributed by atoms with Crippen LogP contribution in [0.3, 0.4) is 0 Å². The highest BCUT2D eigenvalue weighted by molar-refractivity contribution is 7.78. The van der Waals surface area contributed by atoms with E-state index in [-0.39, 0.29) is 12.4 Å². The lowest BCUT2D eigenvalue weighted by atomic mass is 10.0. The Labute approximate surface area is 145 Å². The maximum atomic E-state index is 13.9. The molecule has 8 heteroatoms. The molecule has 1 aliphatic heterocycles. The van der Waals surface area contributed by atoms with Crippen LogP contribution in [0.15, 0.2) is 42.5 Å². The van der Waals surface area contributed by atoms with Gasteiger partial charge in [-0.1, -0.05) is 35.9 Å². The van der Waals surface area contributed by atoms with Crippen LogP contribution in [0.25, 0.3) is 11.1 Å². The molecule has 2 atom stereocenters. The number of carbonyl (C=O) groups is 1. The molecule has 126 valence electrons. The summed E-state index contributed by atoms with van der Waals surface area (Å²) in [6.45, 7) is 0.0730. The molecule has 2 aromatic carbocycles. The average molecular weight is 370 g/mol. The van der Waals surface area contributed by atoms with Gasteiger partial charge in [0.05, 0.1) is 12.6 Å². The molecule has 1 saturated heterocycles. The second kappa shape index (κ2) is 6.88. The third-order valence-electron chi connectivity index (χ3n) is 3.71. The van der Waals surface area contributed by atoms with E-state index in [2.05, 4.69) is 0 Å². The van der Waals surface area contributed by atoms with Crippen molar-refractivity contribution in [1.82, 2.24) is 4.31 Å². The van der Waals surface area contributed by atoms with Gasteiger partial charge in [0.2, 0.25) is 0 Å². The standard InChI is InChI=1S/C16H13ClFNO4S/c17-12-5-6-15(18)14(8-12)11-3-1-10(2-4-11)7-13-9-23-24(22)19(13)16(20)21/h1-6,8,13H,7,9H2,(H,20,21). The van der Waals surface area contributed by atoms with Crippen molar-refractivity contribution in [3.8, 4) is 11.1 Å². The van der Waals surface area contributed by atoms with Gasteiger partial charge in [-0.2, -0.15) is 4.31 Å². The fraction of sp³-hybridized carbons (Fsp3) is 0.188. The molecule has 24 heavy (non-hydrogen) atoms. The lowest BCUT2D eigenvalue weighted by Crippen LogP contribution is -2.37. The number of hydrogen-bond acceptors (Lipinski definition) is 3. The van der Waals surface area contributed by atoms with E-state index in [0.717, 1.165) is 9.87 Å². The van der Waals surface area contributed by atoms with Crippen molar-refractivity contribution in [3.63, 3.8) is 0 Å². The lowest BCUT2D eigenvalue weighted by Gasteiger charge is -2.17. The van der Waals surface area contributed by atoms with Crippen LogP contribution < -0.4 is 0 Å². The number of hydrogen-bond donors (Lipinski definition) is 1. The molecule has 0 spiro atoms. The summed E-state index contributed by atoms with van der Waals surface area (Å²) in [6.07, 6.45) is -0.926. The zero-order chi connectivity index (χ0) is 17.3. The number of benzene rings is 2. The minimum atomic E-state index is -1.96. The minimum Gasteiger partial charge on any atom is -0.464 e. The van der Waals surface area contributed by atoms with Crippen molar-refractivity contribution in [2.24, 2.45) is 0 Å². The molecule has 0 radical (unpaired) electrons. The van der Waals surface area contributed by atoms with Crippen molar-refractivity contribution in [2.75, 3.05) is 6.61 Å². The smallest absolute Gasteiger partial charge is 0.421 e. The third kappa shape index (κ3) is 3.43. The molecule has 5 nitrogen and oxygen atoms in total. The SMILES string of the molecule is O=C(O)N1C(Cc2ccc(-c3cc(Cl)ccc3F)cc2)COS1=O. The third-order valence-corrected chi connectivity index (χ3v) is 5.06. The summed E-state index contributed by atoms with van der Waals surface area (Å²) >= 11 is 3.94. The van der Waals surface area contributed by atoms with Gasteiger partial charge in [0.1, 0.15) is 5.82 Å². The Kier molecular flexibility index (Phi) is 4.84. The van der Waals surface area contributed by atoms with Gasteiger partial charge in [0.15, 0.2) is 0 Å². The van der Waals surface area contributed by atoms with Crippen LogP contribution in [0.2, 0.25) is 5.02 Å². The van der Waals surface area contributed by atoms with Crippen LogP contribution >= 0.6 is 11.6 Å². The molecule has 1 fully saturated rings. The molecule has 1 aliphatic rings. The molecule has 0 bridgehead atoms. The highest BCUT2D eigenvalue weighted by Gasteiger charge is 2.36. The van der Waals surface area contributed by atoms with Crippen LogP contribution in [0.4, 0.5) is 9.18 Å². The van der Waals surface area contributed by atoms with Crippen molar-refractivity contribution in [3.05, 3.63) is 58.9 Å². The fourth-order valence-electron chi connectivity index (χ4n) is 2.56. The van der Waals surface area contributed by atoms with Crippen LogP contribution in [0.5, 0.6) is 0 Å². The topological polar surface area (TPSA) is 66.8 Å². The first-order chi connectivity index (χ1) is 11.5. The normalized spacial score (nSPS) is 20.3. The second-order valence-electron chi connectivity index (χ2n) is 5.29.